The van der Waals surface area contributed by atoms with Crippen molar-refractivity contribution in [1.82, 2.24) is 19.9 Å². The molecule has 0 bridgehead atoms. The minimum absolute atomic E-state index is 0.277. The van der Waals surface area contributed by atoms with Crippen molar-refractivity contribution >= 4 is 29.9 Å². The fourth-order valence-electron chi connectivity index (χ4n) is 3.39. The predicted octanol–water partition coefficient (Wildman–Crippen LogP) is 3.26. The molecule has 8 heteroatoms. The molecule has 3 heterocycles. The highest BCUT2D eigenvalue weighted by molar-refractivity contribution is 6.05. The molecule has 2 aromatic rings. The molecular weight excluding hydrogens is 393 g/mol. The van der Waals surface area contributed by atoms with Crippen LogP contribution in [0.1, 0.15) is 18.3 Å². The number of hydrogen-bond acceptors (Lipinski definition) is 7. The topological polar surface area (TPSA) is 69.5 Å². The number of aliphatic imine (C=N–C) groups is 1. The predicted molar refractivity (Wildman–Crippen MR) is 124 cm³/mol. The summed E-state index contributed by atoms with van der Waals surface area (Å²) in [4.78, 5) is 22.7. The van der Waals surface area contributed by atoms with Gasteiger partial charge in [0.05, 0.1) is 6.54 Å². The van der Waals surface area contributed by atoms with Crippen molar-refractivity contribution < 1.29 is 4.39 Å². The summed E-state index contributed by atoms with van der Waals surface area (Å²) in [5, 5.41) is 3.21. The van der Waals surface area contributed by atoms with Gasteiger partial charge in [0.25, 0.3) is 0 Å². The zero-order valence-corrected chi connectivity index (χ0v) is 17.8. The van der Waals surface area contributed by atoms with Crippen molar-refractivity contribution in [3.8, 4) is 0 Å². The van der Waals surface area contributed by atoms with Crippen molar-refractivity contribution in [3.05, 3.63) is 65.3 Å². The minimum atomic E-state index is -0.277. The van der Waals surface area contributed by atoms with Gasteiger partial charge in [0.1, 0.15) is 11.7 Å². The van der Waals surface area contributed by atoms with Gasteiger partial charge in [-0.2, -0.15) is 15.0 Å². The lowest BCUT2D eigenvalue weighted by Crippen LogP contribution is -2.45. The average Bonchev–Trinajstić information content (AvgIpc) is 3.20. The van der Waals surface area contributed by atoms with E-state index >= 15 is 0 Å². The summed E-state index contributed by atoms with van der Waals surface area (Å²) < 4.78 is 13.5. The van der Waals surface area contributed by atoms with E-state index in [1.165, 1.54) is 12.1 Å². The van der Waals surface area contributed by atoms with E-state index in [2.05, 4.69) is 42.1 Å². The van der Waals surface area contributed by atoms with Crippen LogP contribution in [0.25, 0.3) is 12.2 Å². The maximum absolute atomic E-state index is 13.5. The van der Waals surface area contributed by atoms with Crippen LogP contribution in [0.5, 0.6) is 0 Å². The van der Waals surface area contributed by atoms with Crippen molar-refractivity contribution in [1.29, 1.82) is 0 Å². The standard InChI is InChI=1S/C23H26FN7/c1-3-5-18-15-21(25-16-18)27-22-26-20(9-8-17-6-4-7-19(24)14-17)28-23(29-22)31-12-10-30(2)11-13-31/h3-9,14-15H,10-13,16H2,1-2H3,(H,25,26,27,28,29)/b5-3+,9-8+. The van der Waals surface area contributed by atoms with E-state index in [9.17, 15) is 4.39 Å². The second kappa shape index (κ2) is 9.61. The number of amidine groups is 1. The highest BCUT2D eigenvalue weighted by atomic mass is 19.1. The number of halogens is 1. The molecule has 0 aliphatic carbocycles. The Kier molecular flexibility index (Phi) is 6.47. The fraction of sp³-hybridized carbons (Fsp3) is 0.304. The van der Waals surface area contributed by atoms with Gasteiger partial charge in [-0.05, 0) is 49.4 Å². The number of nitrogens with one attached hydrogen (secondary N) is 1. The van der Waals surface area contributed by atoms with Gasteiger partial charge in [0.2, 0.25) is 11.9 Å². The second-order valence-corrected chi connectivity index (χ2v) is 7.54. The summed E-state index contributed by atoms with van der Waals surface area (Å²) in [6, 6.07) is 6.41. The number of benzene rings is 1. The third-order valence-electron chi connectivity index (χ3n) is 5.08. The zero-order chi connectivity index (χ0) is 21.6. The number of piperazine rings is 1. The van der Waals surface area contributed by atoms with Crippen LogP contribution >= 0.6 is 0 Å². The molecule has 0 saturated carbocycles. The molecule has 2 aliphatic rings. The number of rotatable bonds is 5. The number of allylic oxidation sites excluding steroid dienone is 1. The molecule has 4 rings (SSSR count). The quantitative estimate of drug-likeness (QED) is 0.802. The number of hydrogen-bond donors (Lipinski definition) is 1. The molecule has 0 spiro atoms. The Balaban J connectivity index is 1.60. The van der Waals surface area contributed by atoms with E-state index in [1.54, 1.807) is 18.2 Å². The normalized spacial score (nSPS) is 17.5. The molecule has 1 N–H and O–H groups in total. The van der Waals surface area contributed by atoms with E-state index in [1.807, 2.05) is 31.2 Å². The van der Waals surface area contributed by atoms with Gasteiger partial charge in [-0.25, -0.2) is 4.39 Å². The van der Waals surface area contributed by atoms with Crippen molar-refractivity contribution in [2.45, 2.75) is 6.92 Å². The smallest absolute Gasteiger partial charge is 0.233 e. The molecule has 1 aromatic heterocycles. The first-order valence-electron chi connectivity index (χ1n) is 10.4. The Morgan fingerprint density at radius 2 is 1.87 bits per heavy atom. The first-order valence-corrected chi connectivity index (χ1v) is 10.4. The summed E-state index contributed by atoms with van der Waals surface area (Å²) in [6.45, 7) is 6.21. The maximum atomic E-state index is 13.5. The lowest BCUT2D eigenvalue weighted by molar-refractivity contribution is 0.311. The number of nitrogens with zero attached hydrogens (tertiary/aromatic N) is 6. The summed E-state index contributed by atoms with van der Waals surface area (Å²) >= 11 is 0. The molecule has 160 valence electrons. The SMILES string of the molecule is C/C=C/C1=CC(Nc2nc(/C=C/c3cccc(F)c3)nc(N3CCN(C)CC3)n2)=NC1. The molecule has 0 unspecified atom stereocenters. The summed E-state index contributed by atoms with van der Waals surface area (Å²) in [7, 11) is 2.11. The molecule has 0 radical (unpaired) electrons. The van der Waals surface area contributed by atoms with Crippen molar-refractivity contribution in [2.75, 3.05) is 50.0 Å². The van der Waals surface area contributed by atoms with Crippen LogP contribution in [0.3, 0.4) is 0 Å². The van der Waals surface area contributed by atoms with Gasteiger partial charge in [-0.15, -0.1) is 0 Å². The van der Waals surface area contributed by atoms with Gasteiger partial charge in [0, 0.05) is 26.2 Å². The Bertz CT molecular complexity index is 1050. The Morgan fingerprint density at radius 1 is 1.03 bits per heavy atom. The molecule has 0 amide bonds. The van der Waals surface area contributed by atoms with E-state index < -0.39 is 0 Å². The van der Waals surface area contributed by atoms with Gasteiger partial charge in [-0.3, -0.25) is 4.99 Å². The first-order chi connectivity index (χ1) is 15.1. The average molecular weight is 420 g/mol. The monoisotopic (exact) mass is 419 g/mol. The van der Waals surface area contributed by atoms with E-state index in [-0.39, 0.29) is 5.82 Å². The fourth-order valence-corrected chi connectivity index (χ4v) is 3.39. The minimum Gasteiger partial charge on any atom is -0.338 e. The summed E-state index contributed by atoms with van der Waals surface area (Å²) in [5.74, 6) is 2.03. The van der Waals surface area contributed by atoms with Gasteiger partial charge in [-0.1, -0.05) is 30.4 Å². The van der Waals surface area contributed by atoms with E-state index in [4.69, 9.17) is 0 Å². The molecule has 31 heavy (non-hydrogen) atoms. The molecule has 0 atom stereocenters. The van der Waals surface area contributed by atoms with Crippen LogP contribution in [-0.2, 0) is 0 Å². The van der Waals surface area contributed by atoms with E-state index in [0.717, 1.165) is 43.2 Å². The Morgan fingerprint density at radius 3 is 2.65 bits per heavy atom. The van der Waals surface area contributed by atoms with E-state index in [0.29, 0.717) is 24.3 Å². The maximum Gasteiger partial charge on any atom is 0.233 e. The highest BCUT2D eigenvalue weighted by Gasteiger charge is 2.19. The first kappa shape index (κ1) is 20.9. The highest BCUT2D eigenvalue weighted by Crippen LogP contribution is 2.16. The van der Waals surface area contributed by atoms with Crippen LogP contribution in [-0.4, -0.2) is 65.5 Å². The molecule has 1 fully saturated rings. The van der Waals surface area contributed by atoms with Crippen molar-refractivity contribution in [3.63, 3.8) is 0 Å². The van der Waals surface area contributed by atoms with Crippen LogP contribution in [0.2, 0.25) is 0 Å². The summed E-state index contributed by atoms with van der Waals surface area (Å²) in [5.41, 5.74) is 1.87. The number of likely N-dealkylation sites (N-methyl/N-ethyl adjacent to an activating group) is 1. The van der Waals surface area contributed by atoms with Gasteiger partial charge in [0.15, 0.2) is 5.82 Å². The van der Waals surface area contributed by atoms with Crippen LogP contribution in [0.4, 0.5) is 16.3 Å². The third kappa shape index (κ3) is 5.61. The lowest BCUT2D eigenvalue weighted by atomic mass is 10.2. The lowest BCUT2D eigenvalue weighted by Gasteiger charge is -2.32. The second-order valence-electron chi connectivity index (χ2n) is 7.54. The zero-order valence-electron chi connectivity index (χ0n) is 17.8. The molecule has 2 aliphatic heterocycles. The summed E-state index contributed by atoms with van der Waals surface area (Å²) in [6.07, 6.45) is 9.59. The Labute approximate surface area is 181 Å². The molecular formula is C23H26FN7. The van der Waals surface area contributed by atoms with Crippen molar-refractivity contribution in [2.24, 2.45) is 4.99 Å². The molecule has 1 saturated heterocycles. The van der Waals surface area contributed by atoms with Gasteiger partial charge >= 0.3 is 0 Å². The molecule has 7 nitrogen and oxygen atoms in total. The largest absolute Gasteiger partial charge is 0.338 e. The number of anilines is 2. The number of aromatic nitrogens is 3. The van der Waals surface area contributed by atoms with Crippen LogP contribution in [0, 0.1) is 5.82 Å². The van der Waals surface area contributed by atoms with Gasteiger partial charge < -0.3 is 15.1 Å². The Hall–Kier alpha value is -3.39. The van der Waals surface area contributed by atoms with Crippen LogP contribution < -0.4 is 10.2 Å². The molecule has 1 aromatic carbocycles. The van der Waals surface area contributed by atoms with Crippen LogP contribution in [0.15, 0.2) is 53.1 Å². The third-order valence-corrected chi connectivity index (χ3v) is 5.08.